The van der Waals surface area contributed by atoms with E-state index in [2.05, 4.69) is 90.6 Å². The molecule has 174 valence electrons. The molecule has 0 radical (unpaired) electrons. The highest BCUT2D eigenvalue weighted by Gasteiger charge is 1.98. The van der Waals surface area contributed by atoms with Crippen molar-refractivity contribution in [3.8, 4) is 0 Å². The van der Waals surface area contributed by atoms with Crippen LogP contribution in [0.1, 0.15) is 123 Å². The molecule has 1 aromatic rings. The fourth-order valence-electron chi connectivity index (χ4n) is 1.52. The van der Waals surface area contributed by atoms with E-state index in [1.54, 1.807) is 0 Å². The highest BCUT2D eigenvalue weighted by Crippen LogP contribution is 2.16. The van der Waals surface area contributed by atoms with Crippen molar-refractivity contribution in [1.29, 1.82) is 0 Å². The lowest BCUT2D eigenvalue weighted by molar-refractivity contribution is 0.700. The number of benzene rings is 1. The first-order valence-electron chi connectivity index (χ1n) is 8.89. The number of hydrogen-bond donors (Lipinski definition) is 0. The second kappa shape index (κ2) is 40.4. The Bertz CT molecular complexity index is 342. The molecule has 0 aliphatic heterocycles. The number of allylic oxidation sites excluding steroid dienone is 3. The van der Waals surface area contributed by atoms with Crippen molar-refractivity contribution in [2.45, 2.75) is 118 Å². The van der Waals surface area contributed by atoms with Crippen molar-refractivity contribution >= 4 is 0 Å². The van der Waals surface area contributed by atoms with Gasteiger partial charge in [-0.2, -0.15) is 0 Å². The van der Waals surface area contributed by atoms with Crippen molar-refractivity contribution < 1.29 is 0 Å². The first-order valence-corrected chi connectivity index (χ1v) is 8.89. The van der Waals surface area contributed by atoms with E-state index in [0.717, 1.165) is 0 Å². The van der Waals surface area contributed by atoms with Crippen LogP contribution in [0.3, 0.4) is 0 Å². The summed E-state index contributed by atoms with van der Waals surface area (Å²) in [6.07, 6.45) is 11.1. The molecule has 0 aliphatic rings. The zero-order valence-electron chi connectivity index (χ0n) is 15.8. The minimum atomic E-state index is 0. The zero-order valence-corrected chi connectivity index (χ0v) is 15.8. The average molecular weight is 399 g/mol. The molecule has 1 rings (SSSR count). The van der Waals surface area contributed by atoms with Crippen LogP contribution in [-0.4, -0.2) is 0 Å². The lowest BCUT2D eigenvalue weighted by atomic mass is 9.99. The molecule has 0 bridgehead atoms. The largest absolute Gasteiger partial charge is 0.103 e. The summed E-state index contributed by atoms with van der Waals surface area (Å²) in [6.45, 7) is 16.7. The van der Waals surface area contributed by atoms with Gasteiger partial charge in [0.2, 0.25) is 0 Å². The van der Waals surface area contributed by atoms with E-state index >= 15 is 0 Å². The Labute approximate surface area is 184 Å². The minimum absolute atomic E-state index is 0. The summed E-state index contributed by atoms with van der Waals surface area (Å²) in [5.74, 6) is 1.41. The van der Waals surface area contributed by atoms with Crippen LogP contribution in [0.15, 0.2) is 55.1 Å². The van der Waals surface area contributed by atoms with Crippen LogP contribution in [0, 0.1) is 5.92 Å². The Balaban J connectivity index is -0.0000000337. The van der Waals surface area contributed by atoms with Gasteiger partial charge in [0.1, 0.15) is 0 Å². The monoisotopic (exact) mass is 398 g/mol. The lowest BCUT2D eigenvalue weighted by Gasteiger charge is -2.06. The lowest BCUT2D eigenvalue weighted by Crippen LogP contribution is -1.88. The molecule has 2 unspecified atom stereocenters. The van der Waals surface area contributed by atoms with Gasteiger partial charge in [-0.1, -0.05) is 141 Å². The van der Waals surface area contributed by atoms with Crippen molar-refractivity contribution in [3.05, 3.63) is 60.7 Å². The Kier molecular flexibility index (Phi) is 72.8. The quantitative estimate of drug-likeness (QED) is 0.418. The predicted molar refractivity (Wildman–Crippen MR) is 145 cm³/mol. The standard InChI is InChI=1S/C10H14.2C6H12.6CH4/c1-3-9(2)10-7-5-4-6-8-10;1-4-6(3)5-2;1-3-5-6-4-2;;;;;;/h4-9H,3H2,1-2H3;4,6H,1,5H2,2-3H3;5-6H,3-4H2,1-2H3;6*1H4. The van der Waals surface area contributed by atoms with E-state index < -0.39 is 0 Å². The van der Waals surface area contributed by atoms with Gasteiger partial charge in [-0.05, 0) is 36.7 Å². The molecule has 0 spiro atoms. The van der Waals surface area contributed by atoms with Gasteiger partial charge in [0.05, 0.1) is 0 Å². The molecule has 1 aromatic carbocycles. The van der Waals surface area contributed by atoms with Crippen LogP contribution in [0.25, 0.3) is 0 Å². The second-order valence-corrected chi connectivity index (χ2v) is 5.63. The Morgan fingerprint density at radius 1 is 0.714 bits per heavy atom. The summed E-state index contributed by atoms with van der Waals surface area (Å²) in [6, 6.07) is 10.6. The summed E-state index contributed by atoms with van der Waals surface area (Å²) in [5.41, 5.74) is 1.45. The number of hydrogen-bond acceptors (Lipinski definition) is 0. The van der Waals surface area contributed by atoms with Gasteiger partial charge < -0.3 is 0 Å². The normalized spacial score (nSPS) is 9.79. The molecule has 0 saturated carbocycles. The maximum absolute atomic E-state index is 3.63. The third-order valence-electron chi connectivity index (χ3n) is 3.67. The molecule has 0 aliphatic carbocycles. The number of rotatable bonds is 6. The highest BCUT2D eigenvalue weighted by atomic mass is 14.0. The fraction of sp³-hybridized carbons (Fsp3) is 0.643. The van der Waals surface area contributed by atoms with Gasteiger partial charge in [0.25, 0.3) is 0 Å². The van der Waals surface area contributed by atoms with Crippen molar-refractivity contribution in [3.63, 3.8) is 0 Å². The molecule has 0 amide bonds. The third-order valence-corrected chi connectivity index (χ3v) is 3.67. The van der Waals surface area contributed by atoms with Crippen molar-refractivity contribution in [2.75, 3.05) is 0 Å². The molecule has 0 saturated heterocycles. The average Bonchev–Trinajstić information content (AvgIpc) is 2.60. The molecule has 28 heavy (non-hydrogen) atoms. The van der Waals surface area contributed by atoms with E-state index in [1.165, 1.54) is 31.2 Å². The Hall–Kier alpha value is -1.30. The minimum Gasteiger partial charge on any atom is -0.103 e. The summed E-state index contributed by atoms with van der Waals surface area (Å²) >= 11 is 0. The second-order valence-electron chi connectivity index (χ2n) is 5.63. The summed E-state index contributed by atoms with van der Waals surface area (Å²) < 4.78 is 0. The van der Waals surface area contributed by atoms with Gasteiger partial charge in [-0.25, -0.2) is 0 Å². The highest BCUT2D eigenvalue weighted by molar-refractivity contribution is 5.18. The van der Waals surface area contributed by atoms with Crippen LogP contribution in [-0.2, 0) is 0 Å². The Morgan fingerprint density at radius 3 is 1.32 bits per heavy atom. The van der Waals surface area contributed by atoms with Crippen molar-refractivity contribution in [2.24, 2.45) is 5.92 Å². The molecule has 0 heterocycles. The molecular weight excluding hydrogens is 336 g/mol. The van der Waals surface area contributed by atoms with Gasteiger partial charge in [-0.15, -0.1) is 6.58 Å². The molecule has 0 N–H and O–H groups in total. The van der Waals surface area contributed by atoms with Gasteiger partial charge >= 0.3 is 0 Å². The van der Waals surface area contributed by atoms with E-state index in [9.17, 15) is 0 Å². The Morgan fingerprint density at radius 2 is 1.11 bits per heavy atom. The van der Waals surface area contributed by atoms with Crippen LogP contribution >= 0.6 is 0 Å². The molecule has 0 heteroatoms. The first-order chi connectivity index (χ1) is 10.6. The predicted octanol–water partition coefficient (Wildman–Crippen LogP) is 11.6. The third kappa shape index (κ3) is 35.7. The van der Waals surface area contributed by atoms with Crippen LogP contribution in [0.4, 0.5) is 0 Å². The topological polar surface area (TPSA) is 0 Å². The molecule has 0 nitrogen and oxygen atoms in total. The SMILES string of the molecule is C.C.C.C.C.C.C=CC(C)CC.CCC(C)c1ccccc1.CCC=CCC. The zero-order chi connectivity index (χ0) is 17.2. The van der Waals surface area contributed by atoms with Crippen LogP contribution in [0.2, 0.25) is 0 Å². The summed E-state index contributed by atoms with van der Waals surface area (Å²) in [5, 5.41) is 0. The fourth-order valence-corrected chi connectivity index (χ4v) is 1.52. The molecule has 2 atom stereocenters. The van der Waals surface area contributed by atoms with E-state index in [4.69, 9.17) is 0 Å². The van der Waals surface area contributed by atoms with Gasteiger partial charge in [0, 0.05) is 0 Å². The van der Waals surface area contributed by atoms with E-state index in [1.807, 2.05) is 6.08 Å². The van der Waals surface area contributed by atoms with Crippen LogP contribution < -0.4 is 0 Å². The summed E-state index contributed by atoms with van der Waals surface area (Å²) in [7, 11) is 0. The maximum Gasteiger partial charge on any atom is -0.0193 e. The molecule has 0 fully saturated rings. The first kappa shape index (κ1) is 50.4. The maximum atomic E-state index is 3.63. The molecular formula is C28H62. The van der Waals surface area contributed by atoms with E-state index in [-0.39, 0.29) is 44.6 Å². The summed E-state index contributed by atoms with van der Waals surface area (Å²) in [4.78, 5) is 0. The van der Waals surface area contributed by atoms with Crippen LogP contribution in [0.5, 0.6) is 0 Å². The van der Waals surface area contributed by atoms with E-state index in [0.29, 0.717) is 11.8 Å². The van der Waals surface area contributed by atoms with Crippen molar-refractivity contribution in [1.82, 2.24) is 0 Å². The van der Waals surface area contributed by atoms with Gasteiger partial charge in [0.15, 0.2) is 0 Å². The van der Waals surface area contributed by atoms with Gasteiger partial charge in [-0.3, -0.25) is 0 Å². The molecule has 0 aromatic heterocycles. The smallest absolute Gasteiger partial charge is 0.0193 e.